The molecule has 2 aliphatic heterocycles. The number of anilines is 2. The van der Waals surface area contributed by atoms with Gasteiger partial charge in [0.25, 0.3) is 0 Å². The Labute approximate surface area is 191 Å². The van der Waals surface area contributed by atoms with Crippen LogP contribution in [0.15, 0.2) is 12.1 Å². The third kappa shape index (κ3) is 3.74. The van der Waals surface area contributed by atoms with E-state index in [4.69, 9.17) is 9.47 Å². The Morgan fingerprint density at radius 3 is 2.52 bits per heavy atom. The molecule has 178 valence electrons. The van der Waals surface area contributed by atoms with E-state index < -0.39 is 6.03 Å². The highest BCUT2D eigenvalue weighted by Crippen LogP contribution is 2.48. The van der Waals surface area contributed by atoms with Crippen LogP contribution in [0.5, 0.6) is 0 Å². The first-order chi connectivity index (χ1) is 15.8. The lowest BCUT2D eigenvalue weighted by atomic mass is 9.65. The van der Waals surface area contributed by atoms with Crippen LogP contribution in [-0.2, 0) is 21.3 Å². The fourth-order valence-electron chi connectivity index (χ4n) is 5.71. The average molecular weight is 460 g/mol. The number of hydrogen-bond donors (Lipinski definition) is 1. The number of aryl methyl sites for hydroxylation is 1. The molecule has 2 saturated heterocycles. The van der Waals surface area contributed by atoms with E-state index in [1.54, 1.807) is 25.9 Å². The Kier molecular flexibility index (Phi) is 5.52. The van der Waals surface area contributed by atoms with E-state index in [0.717, 1.165) is 44.3 Å². The molecule has 3 fully saturated rings. The summed E-state index contributed by atoms with van der Waals surface area (Å²) in [5.74, 6) is 0.133. The standard InChI is InChI=1S/C23H30FN5O4/c1-27-17-11-18(28-12-23(13-28)7-4-14(5-8-23)21(32-2)33-3)16(24)10-15(17)20(26-27)29-9-6-19(30)25-22(29)31/h10-11,14,21H,4-9,12-13H2,1-3H3,(H,25,30,31). The van der Waals surface area contributed by atoms with Gasteiger partial charge in [0.05, 0.1) is 11.2 Å². The summed E-state index contributed by atoms with van der Waals surface area (Å²) in [6.07, 6.45) is 4.30. The summed E-state index contributed by atoms with van der Waals surface area (Å²) in [6.45, 7) is 1.88. The number of benzene rings is 1. The van der Waals surface area contributed by atoms with Gasteiger partial charge in [0, 0.05) is 64.0 Å². The van der Waals surface area contributed by atoms with Gasteiger partial charge in [-0.1, -0.05) is 0 Å². The maximum atomic E-state index is 15.2. The third-order valence-corrected chi connectivity index (χ3v) is 7.54. The topological polar surface area (TPSA) is 88.9 Å². The molecule has 10 heteroatoms. The lowest BCUT2D eigenvalue weighted by molar-refractivity contribution is -0.150. The first kappa shape index (κ1) is 22.1. The zero-order chi connectivity index (χ0) is 23.3. The molecule has 33 heavy (non-hydrogen) atoms. The Balaban J connectivity index is 1.33. The molecule has 0 bridgehead atoms. The highest BCUT2D eigenvalue weighted by atomic mass is 19.1. The van der Waals surface area contributed by atoms with E-state index >= 15 is 4.39 Å². The number of nitrogens with zero attached hydrogens (tertiary/aromatic N) is 4. The Hall–Kier alpha value is -2.72. The Morgan fingerprint density at radius 1 is 1.18 bits per heavy atom. The second kappa shape index (κ2) is 8.25. The minimum absolute atomic E-state index is 0.155. The maximum Gasteiger partial charge on any atom is 0.329 e. The Bertz CT molecular complexity index is 1080. The molecule has 1 aromatic carbocycles. The van der Waals surface area contributed by atoms with Crippen LogP contribution in [0.2, 0.25) is 0 Å². The van der Waals surface area contributed by atoms with Crippen LogP contribution < -0.4 is 15.1 Å². The molecule has 3 aliphatic rings. The molecule has 9 nitrogen and oxygen atoms in total. The molecule has 5 rings (SSSR count). The second-order valence-corrected chi connectivity index (χ2v) is 9.56. The number of rotatable bonds is 5. The van der Waals surface area contributed by atoms with Crippen molar-refractivity contribution in [3.8, 4) is 0 Å². The van der Waals surface area contributed by atoms with Gasteiger partial charge in [0.2, 0.25) is 5.91 Å². The van der Waals surface area contributed by atoms with E-state index in [9.17, 15) is 9.59 Å². The fourth-order valence-corrected chi connectivity index (χ4v) is 5.71. The lowest BCUT2D eigenvalue weighted by Crippen LogP contribution is -2.58. The van der Waals surface area contributed by atoms with E-state index in [1.807, 2.05) is 6.07 Å². The number of halogens is 1. The summed E-state index contributed by atoms with van der Waals surface area (Å²) in [5, 5.41) is 7.32. The normalized spacial score (nSPS) is 21.2. The van der Waals surface area contributed by atoms with Crippen molar-refractivity contribution in [1.29, 1.82) is 0 Å². The van der Waals surface area contributed by atoms with E-state index in [-0.39, 0.29) is 36.4 Å². The van der Waals surface area contributed by atoms with Gasteiger partial charge in [-0.3, -0.25) is 19.7 Å². The summed E-state index contributed by atoms with van der Waals surface area (Å²) in [7, 11) is 5.15. The number of methoxy groups -OCH3 is 2. The molecule has 0 unspecified atom stereocenters. The molecule has 1 aromatic heterocycles. The zero-order valence-corrected chi connectivity index (χ0v) is 19.3. The Morgan fingerprint density at radius 2 is 1.88 bits per heavy atom. The molecule has 1 aliphatic carbocycles. The van der Waals surface area contributed by atoms with Gasteiger partial charge in [0.15, 0.2) is 12.1 Å². The van der Waals surface area contributed by atoms with Crippen LogP contribution in [0.4, 0.5) is 20.7 Å². The molecule has 0 radical (unpaired) electrons. The van der Waals surface area contributed by atoms with Gasteiger partial charge in [-0.25, -0.2) is 9.18 Å². The number of urea groups is 1. The summed E-state index contributed by atoms with van der Waals surface area (Å²) >= 11 is 0. The van der Waals surface area contributed by atoms with E-state index in [0.29, 0.717) is 22.8 Å². The van der Waals surface area contributed by atoms with Crippen LogP contribution in [0, 0.1) is 17.2 Å². The van der Waals surface area contributed by atoms with Crippen LogP contribution in [0.25, 0.3) is 10.9 Å². The van der Waals surface area contributed by atoms with Crippen LogP contribution in [0.1, 0.15) is 32.1 Å². The SMILES string of the molecule is COC(OC)C1CCC2(CC1)CN(c1cc3c(cc1F)c(N1CCC(=O)NC1=O)nn3C)C2. The molecule has 2 aromatic rings. The summed E-state index contributed by atoms with van der Waals surface area (Å²) in [4.78, 5) is 27.2. The van der Waals surface area contributed by atoms with Crippen molar-refractivity contribution in [2.45, 2.75) is 38.4 Å². The number of amides is 3. The number of aromatic nitrogens is 2. The summed E-state index contributed by atoms with van der Waals surface area (Å²) in [6, 6.07) is 2.75. The number of carbonyl (C=O) groups excluding carboxylic acids is 2. The zero-order valence-electron chi connectivity index (χ0n) is 19.3. The van der Waals surface area contributed by atoms with E-state index in [1.165, 1.54) is 11.0 Å². The highest BCUT2D eigenvalue weighted by molar-refractivity contribution is 6.09. The molecular formula is C23H30FN5O4. The molecule has 3 amide bonds. The monoisotopic (exact) mass is 459 g/mol. The van der Waals surface area contributed by atoms with Crippen molar-refractivity contribution in [2.24, 2.45) is 18.4 Å². The number of nitrogens with one attached hydrogen (secondary N) is 1. The number of hydrogen-bond acceptors (Lipinski definition) is 6. The van der Waals surface area contributed by atoms with Crippen molar-refractivity contribution in [1.82, 2.24) is 15.1 Å². The van der Waals surface area contributed by atoms with Gasteiger partial charge in [-0.15, -0.1) is 0 Å². The van der Waals surface area contributed by atoms with Gasteiger partial charge >= 0.3 is 6.03 Å². The predicted molar refractivity (Wildman–Crippen MR) is 121 cm³/mol. The van der Waals surface area contributed by atoms with Crippen LogP contribution in [-0.4, -0.2) is 61.9 Å². The van der Waals surface area contributed by atoms with E-state index in [2.05, 4.69) is 15.3 Å². The van der Waals surface area contributed by atoms with Crippen molar-refractivity contribution < 1.29 is 23.5 Å². The van der Waals surface area contributed by atoms with Crippen molar-refractivity contribution in [3.63, 3.8) is 0 Å². The minimum Gasteiger partial charge on any atom is -0.368 e. The average Bonchev–Trinajstić information content (AvgIpc) is 3.08. The van der Waals surface area contributed by atoms with Gasteiger partial charge < -0.3 is 14.4 Å². The number of fused-ring (bicyclic) bond motifs is 1. The van der Waals surface area contributed by atoms with Gasteiger partial charge in [0.1, 0.15) is 5.82 Å². The fraction of sp³-hybridized carbons (Fsp3) is 0.609. The van der Waals surface area contributed by atoms with Crippen LogP contribution in [0.3, 0.4) is 0 Å². The minimum atomic E-state index is -0.528. The molecule has 1 spiro atoms. The molecule has 0 atom stereocenters. The van der Waals surface area contributed by atoms with Crippen molar-refractivity contribution >= 4 is 34.3 Å². The molecule has 1 saturated carbocycles. The molecule has 1 N–H and O–H groups in total. The van der Waals surface area contributed by atoms with Crippen LogP contribution >= 0.6 is 0 Å². The first-order valence-electron chi connectivity index (χ1n) is 11.4. The second-order valence-electron chi connectivity index (χ2n) is 9.56. The number of carbonyl (C=O) groups is 2. The van der Waals surface area contributed by atoms with Gasteiger partial charge in [-0.05, 0) is 37.8 Å². The third-order valence-electron chi connectivity index (χ3n) is 7.54. The molecular weight excluding hydrogens is 429 g/mol. The van der Waals surface area contributed by atoms with Crippen molar-refractivity contribution in [2.75, 3.05) is 43.7 Å². The van der Waals surface area contributed by atoms with Crippen molar-refractivity contribution in [3.05, 3.63) is 17.9 Å². The summed E-state index contributed by atoms with van der Waals surface area (Å²) < 4.78 is 27.8. The quantitative estimate of drug-likeness (QED) is 0.692. The molecule has 3 heterocycles. The smallest absolute Gasteiger partial charge is 0.329 e. The predicted octanol–water partition coefficient (Wildman–Crippen LogP) is 2.77. The number of ether oxygens (including phenoxy) is 2. The van der Waals surface area contributed by atoms with Gasteiger partial charge in [-0.2, -0.15) is 5.10 Å². The first-order valence-corrected chi connectivity index (χ1v) is 11.4. The lowest BCUT2D eigenvalue weighted by Gasteiger charge is -2.55. The maximum absolute atomic E-state index is 15.2. The number of imide groups is 1. The largest absolute Gasteiger partial charge is 0.368 e. The summed E-state index contributed by atoms with van der Waals surface area (Å²) in [5.41, 5.74) is 1.54. The highest BCUT2D eigenvalue weighted by Gasteiger charge is 2.47.